The van der Waals surface area contributed by atoms with Gasteiger partial charge >= 0.3 is 0 Å². The molecule has 0 saturated heterocycles. The van der Waals surface area contributed by atoms with Crippen LogP contribution in [-0.2, 0) is 12.3 Å². The molecule has 2 aromatic heterocycles. The summed E-state index contributed by atoms with van der Waals surface area (Å²) in [6.07, 6.45) is 6.62. The second kappa shape index (κ2) is 10.2. The minimum Gasteiger partial charge on any atom is -0.404 e. The van der Waals surface area contributed by atoms with Crippen LogP contribution in [0.1, 0.15) is 16.8 Å². The van der Waals surface area contributed by atoms with Crippen LogP contribution in [-0.4, -0.2) is 23.2 Å². The van der Waals surface area contributed by atoms with Crippen molar-refractivity contribution in [2.24, 2.45) is 10.7 Å². The molecule has 0 amide bonds. The first-order valence-electron chi connectivity index (χ1n) is 10.1. The van der Waals surface area contributed by atoms with Gasteiger partial charge < -0.3 is 5.73 Å². The summed E-state index contributed by atoms with van der Waals surface area (Å²) in [5.74, 6) is 0.731. The number of fused-ring (bicyclic) bond motifs is 2. The summed E-state index contributed by atoms with van der Waals surface area (Å²) in [5, 5.41) is 2.11. The molecule has 2 heterocycles. The van der Waals surface area contributed by atoms with Crippen LogP contribution < -0.4 is 15.9 Å². The maximum absolute atomic E-state index is 13.4. The minimum absolute atomic E-state index is 0.0487. The Balaban J connectivity index is 1.64. The van der Waals surface area contributed by atoms with Crippen LogP contribution in [0.4, 0.5) is 0 Å². The summed E-state index contributed by atoms with van der Waals surface area (Å²) in [6, 6.07) is 17.5. The first-order valence-corrected chi connectivity index (χ1v) is 11.1. The van der Waals surface area contributed by atoms with Crippen molar-refractivity contribution in [2.45, 2.75) is 12.3 Å². The quantitative estimate of drug-likeness (QED) is 0.255. The van der Waals surface area contributed by atoms with Gasteiger partial charge in [-0.2, -0.15) is 0 Å². The summed E-state index contributed by atoms with van der Waals surface area (Å²) >= 11 is 1.59. The molecule has 0 aliphatic heterocycles. The molecule has 0 saturated carbocycles. The number of pyridine rings is 2. The molecule has 0 atom stereocenters. The Morgan fingerprint density at radius 3 is 2.78 bits per heavy atom. The third kappa shape index (κ3) is 4.85. The van der Waals surface area contributed by atoms with Crippen LogP contribution in [0.15, 0.2) is 83.0 Å². The van der Waals surface area contributed by atoms with Gasteiger partial charge in [-0.25, -0.2) is 0 Å². The fraction of sp³-hybridized carbons (Fsp3) is 0.120. The lowest BCUT2D eigenvalue weighted by Crippen LogP contribution is -2.05. The van der Waals surface area contributed by atoms with Crippen LogP contribution >= 0.6 is 11.9 Å². The summed E-state index contributed by atoms with van der Waals surface area (Å²) in [6.45, 7) is 0.679. The molecule has 3 N–H and O–H groups in total. The number of nitrogens with two attached hydrogens (primary N) is 1. The summed E-state index contributed by atoms with van der Waals surface area (Å²) in [4.78, 5) is 26.2. The lowest BCUT2D eigenvalue weighted by Gasteiger charge is -2.05. The average molecular weight is 442 g/mol. The maximum atomic E-state index is 13.4. The number of aromatic nitrogens is 2. The number of allylic oxidation sites excluding steroid dienone is 1. The van der Waals surface area contributed by atoms with Crippen LogP contribution in [0.3, 0.4) is 0 Å². The Hall–Kier alpha value is -3.55. The molecule has 0 radical (unpaired) electrons. The third-order valence-electron chi connectivity index (χ3n) is 5.05. The van der Waals surface area contributed by atoms with Gasteiger partial charge in [0, 0.05) is 66.1 Å². The van der Waals surface area contributed by atoms with Crippen molar-refractivity contribution in [2.75, 3.05) is 7.05 Å². The zero-order valence-corrected chi connectivity index (χ0v) is 18.5. The van der Waals surface area contributed by atoms with Gasteiger partial charge in [-0.05, 0) is 41.3 Å². The fourth-order valence-corrected chi connectivity index (χ4v) is 4.11. The molecule has 6 nitrogen and oxygen atoms in total. The van der Waals surface area contributed by atoms with Gasteiger partial charge in [-0.15, -0.1) is 0 Å². The maximum Gasteiger partial charge on any atom is 0.195 e. The van der Waals surface area contributed by atoms with Crippen LogP contribution in [0.25, 0.3) is 27.2 Å². The molecule has 0 aliphatic rings. The largest absolute Gasteiger partial charge is 0.404 e. The number of hydrogen-bond donors (Lipinski definition) is 2. The summed E-state index contributed by atoms with van der Waals surface area (Å²) < 4.78 is 3.32. The van der Waals surface area contributed by atoms with Crippen molar-refractivity contribution in [1.29, 1.82) is 0 Å². The zero-order chi connectivity index (χ0) is 22.3. The molecule has 0 aliphatic carbocycles. The van der Waals surface area contributed by atoms with E-state index in [9.17, 15) is 4.79 Å². The lowest BCUT2D eigenvalue weighted by molar-refractivity contribution is 0.920. The van der Waals surface area contributed by atoms with E-state index in [1.165, 1.54) is 6.20 Å². The van der Waals surface area contributed by atoms with Crippen molar-refractivity contribution in [3.8, 4) is 0 Å². The summed E-state index contributed by atoms with van der Waals surface area (Å²) in [5.41, 5.74) is 9.86. The second-order valence-corrected chi connectivity index (χ2v) is 8.05. The van der Waals surface area contributed by atoms with Gasteiger partial charge in [0.1, 0.15) is 0 Å². The van der Waals surface area contributed by atoms with Gasteiger partial charge in [-0.1, -0.05) is 36.2 Å². The van der Waals surface area contributed by atoms with E-state index in [1.54, 1.807) is 37.6 Å². The van der Waals surface area contributed by atoms with Gasteiger partial charge in [-0.3, -0.25) is 24.5 Å². The number of benzene rings is 1. The molecule has 4 aromatic rings. The van der Waals surface area contributed by atoms with Crippen LogP contribution in [0.2, 0.25) is 0 Å². The Labute approximate surface area is 190 Å². The predicted molar refractivity (Wildman–Crippen MR) is 134 cm³/mol. The molecule has 0 spiro atoms. The van der Waals surface area contributed by atoms with Gasteiger partial charge in [0.15, 0.2) is 5.43 Å². The van der Waals surface area contributed by atoms with E-state index >= 15 is 0 Å². The van der Waals surface area contributed by atoms with Crippen molar-refractivity contribution in [3.63, 3.8) is 0 Å². The second-order valence-electron chi connectivity index (χ2n) is 7.18. The van der Waals surface area contributed by atoms with Crippen LogP contribution in [0, 0.1) is 0 Å². The molecule has 0 unspecified atom stereocenters. The van der Waals surface area contributed by atoms with Crippen LogP contribution in [0.5, 0.6) is 0 Å². The number of nitrogens with zero attached hydrogens (tertiary/aromatic N) is 3. The van der Waals surface area contributed by atoms with E-state index in [2.05, 4.69) is 19.7 Å². The van der Waals surface area contributed by atoms with Gasteiger partial charge in [0.05, 0.1) is 11.2 Å². The third-order valence-corrected chi connectivity index (χ3v) is 5.87. The molecule has 2 aromatic carbocycles. The SMILES string of the molecule is CN=C/C(=C\N)c1cnc2ccc3ccc(CSNCc4ccccn4)cc3c(=O)c2c1. The summed E-state index contributed by atoms with van der Waals surface area (Å²) in [7, 11) is 1.68. The van der Waals surface area contributed by atoms with Gasteiger partial charge in [0.2, 0.25) is 0 Å². The topological polar surface area (TPSA) is 93.3 Å². The molecule has 0 fully saturated rings. The Morgan fingerprint density at radius 1 is 1.12 bits per heavy atom. The number of aliphatic imine (C=N–C) groups is 1. The molecule has 160 valence electrons. The number of rotatable bonds is 7. The van der Waals surface area contributed by atoms with E-state index < -0.39 is 0 Å². The van der Waals surface area contributed by atoms with Gasteiger partial charge in [0.25, 0.3) is 0 Å². The molecule has 32 heavy (non-hydrogen) atoms. The average Bonchev–Trinajstić information content (AvgIpc) is 2.97. The monoisotopic (exact) mass is 441 g/mol. The molecular weight excluding hydrogens is 418 g/mol. The van der Waals surface area contributed by atoms with Crippen molar-refractivity contribution >= 4 is 45.4 Å². The first-order chi connectivity index (χ1) is 15.7. The van der Waals surface area contributed by atoms with Crippen molar-refractivity contribution < 1.29 is 0 Å². The lowest BCUT2D eigenvalue weighted by atomic mass is 10.1. The van der Waals surface area contributed by atoms with Crippen molar-refractivity contribution in [3.05, 3.63) is 100 Å². The van der Waals surface area contributed by atoms with Crippen molar-refractivity contribution in [1.82, 2.24) is 14.7 Å². The van der Waals surface area contributed by atoms with E-state index in [0.29, 0.717) is 28.4 Å². The molecule has 0 bridgehead atoms. The smallest absolute Gasteiger partial charge is 0.195 e. The fourth-order valence-electron chi connectivity index (χ4n) is 3.41. The normalized spacial score (nSPS) is 12.1. The number of hydrogen-bond acceptors (Lipinski definition) is 7. The van der Waals surface area contributed by atoms with E-state index in [-0.39, 0.29) is 5.43 Å². The molecular formula is C25H23N5OS. The molecule has 7 heteroatoms. The number of nitrogens with one attached hydrogen (secondary N) is 1. The highest BCUT2D eigenvalue weighted by molar-refractivity contribution is 7.96. The minimum atomic E-state index is -0.0487. The Morgan fingerprint density at radius 2 is 2.00 bits per heavy atom. The highest BCUT2D eigenvalue weighted by Crippen LogP contribution is 2.20. The predicted octanol–water partition coefficient (Wildman–Crippen LogP) is 4.08. The molecule has 4 rings (SSSR count). The Bertz CT molecular complexity index is 1370. The highest BCUT2D eigenvalue weighted by Gasteiger charge is 2.08. The standard InChI is InChI=1S/C25H23N5OS/c1-27-13-20(12-26)19-11-23-24(29-14-19)8-7-18-6-5-17(10-22(18)25(23)31)16-32-30-15-21-4-2-3-9-28-21/h2-14,30H,15-16,26H2,1H3/b20-12+,27-13?. The Kier molecular flexibility index (Phi) is 6.89. The van der Waals surface area contributed by atoms with E-state index in [1.807, 2.05) is 54.6 Å². The van der Waals surface area contributed by atoms with E-state index in [4.69, 9.17) is 5.73 Å². The zero-order valence-electron chi connectivity index (χ0n) is 17.7. The highest BCUT2D eigenvalue weighted by atomic mass is 32.2. The van der Waals surface area contributed by atoms with E-state index in [0.717, 1.165) is 28.0 Å². The first kappa shape index (κ1) is 21.7.